The molecule has 1 heterocycles. The predicted molar refractivity (Wildman–Crippen MR) is 57.8 cm³/mol. The van der Waals surface area contributed by atoms with E-state index in [0.717, 1.165) is 0 Å². The third-order valence-electron chi connectivity index (χ3n) is 1.99. The number of carbonyl (C=O) groups excluding carboxylic acids is 1. The minimum absolute atomic E-state index is 0.0144. The summed E-state index contributed by atoms with van der Waals surface area (Å²) in [6, 6.07) is 4.21. The number of aldehydes is 1. The van der Waals surface area contributed by atoms with Crippen LogP contribution in [0.5, 0.6) is 0 Å². The van der Waals surface area contributed by atoms with Crippen molar-refractivity contribution in [1.29, 1.82) is 0 Å². The molecule has 0 aliphatic rings. The number of hydrogen-bond donors (Lipinski definition) is 0. The first kappa shape index (κ1) is 10.7. The molecule has 0 radical (unpaired) electrons. The highest BCUT2D eigenvalue weighted by molar-refractivity contribution is 6.31. The van der Waals surface area contributed by atoms with Gasteiger partial charge in [-0.3, -0.25) is 4.79 Å². The van der Waals surface area contributed by atoms with E-state index in [1.54, 1.807) is 0 Å². The van der Waals surface area contributed by atoms with Crippen LogP contribution >= 0.6 is 11.6 Å². The van der Waals surface area contributed by atoms with Crippen molar-refractivity contribution >= 4 is 17.9 Å². The Kier molecular flexibility index (Phi) is 2.92. The van der Waals surface area contributed by atoms with Gasteiger partial charge in [0.2, 0.25) is 0 Å². The second-order valence-corrected chi connectivity index (χ2v) is 3.49. The number of carbonyl (C=O) groups is 1. The smallest absolute Gasteiger partial charge is 0.159 e. The standard InChI is InChI=1S/C11H6ClFN2O/c12-9-3-8(1-2-10(9)13)11-14-4-7(6-16)5-15-11/h1-6H. The molecule has 0 N–H and O–H groups in total. The van der Waals surface area contributed by atoms with Crippen LogP contribution in [0.25, 0.3) is 11.4 Å². The monoisotopic (exact) mass is 236 g/mol. The fourth-order valence-corrected chi connectivity index (χ4v) is 1.36. The lowest BCUT2D eigenvalue weighted by molar-refractivity contribution is 0.112. The number of hydrogen-bond acceptors (Lipinski definition) is 3. The van der Waals surface area contributed by atoms with Gasteiger partial charge in [-0.15, -0.1) is 0 Å². The molecule has 0 atom stereocenters. The van der Waals surface area contributed by atoms with Gasteiger partial charge in [-0.2, -0.15) is 0 Å². The van der Waals surface area contributed by atoms with Gasteiger partial charge >= 0.3 is 0 Å². The summed E-state index contributed by atoms with van der Waals surface area (Å²) in [6.07, 6.45) is 3.45. The van der Waals surface area contributed by atoms with Gasteiger partial charge in [-0.25, -0.2) is 14.4 Å². The van der Waals surface area contributed by atoms with E-state index in [9.17, 15) is 9.18 Å². The Hall–Kier alpha value is -1.81. The molecule has 2 aromatic rings. The van der Waals surface area contributed by atoms with Crippen molar-refractivity contribution in [1.82, 2.24) is 9.97 Å². The molecule has 0 amide bonds. The minimum Gasteiger partial charge on any atom is -0.298 e. The number of benzene rings is 1. The fourth-order valence-electron chi connectivity index (χ4n) is 1.18. The van der Waals surface area contributed by atoms with Gasteiger partial charge in [0.1, 0.15) is 5.82 Å². The molecule has 0 aliphatic carbocycles. The Bertz CT molecular complexity index is 528. The zero-order valence-corrected chi connectivity index (χ0v) is 8.78. The first-order chi connectivity index (χ1) is 7.70. The molecule has 1 aromatic carbocycles. The van der Waals surface area contributed by atoms with E-state index >= 15 is 0 Å². The van der Waals surface area contributed by atoms with Crippen LogP contribution in [0.1, 0.15) is 10.4 Å². The molecule has 1 aromatic heterocycles. The summed E-state index contributed by atoms with van der Waals surface area (Å²) in [7, 11) is 0. The number of halogens is 2. The highest BCUT2D eigenvalue weighted by Gasteiger charge is 2.05. The summed E-state index contributed by atoms with van der Waals surface area (Å²) < 4.78 is 12.9. The van der Waals surface area contributed by atoms with E-state index in [1.807, 2.05) is 0 Å². The lowest BCUT2D eigenvalue weighted by Gasteiger charge is -2.01. The first-order valence-electron chi connectivity index (χ1n) is 4.43. The van der Waals surface area contributed by atoms with Gasteiger partial charge in [0.15, 0.2) is 12.1 Å². The maximum atomic E-state index is 12.9. The van der Waals surface area contributed by atoms with Crippen molar-refractivity contribution in [3.63, 3.8) is 0 Å². The third kappa shape index (κ3) is 2.06. The van der Waals surface area contributed by atoms with E-state index < -0.39 is 5.82 Å². The summed E-state index contributed by atoms with van der Waals surface area (Å²) in [5.74, 6) is -0.0950. The molecule has 0 saturated carbocycles. The summed E-state index contributed by atoms with van der Waals surface area (Å²) in [6.45, 7) is 0. The van der Waals surface area contributed by atoms with E-state index in [-0.39, 0.29) is 5.02 Å². The van der Waals surface area contributed by atoms with Gasteiger partial charge in [0.05, 0.1) is 10.6 Å². The molecule has 3 nitrogen and oxygen atoms in total. The topological polar surface area (TPSA) is 42.9 Å². The second kappa shape index (κ2) is 4.37. The molecule has 0 fully saturated rings. The quantitative estimate of drug-likeness (QED) is 0.753. The number of nitrogens with zero attached hydrogens (tertiary/aromatic N) is 2. The Balaban J connectivity index is 2.42. The van der Waals surface area contributed by atoms with E-state index in [2.05, 4.69) is 9.97 Å². The fraction of sp³-hybridized carbons (Fsp3) is 0. The highest BCUT2D eigenvalue weighted by Crippen LogP contribution is 2.21. The van der Waals surface area contributed by atoms with Crippen LogP contribution in [0.15, 0.2) is 30.6 Å². The maximum absolute atomic E-state index is 12.9. The highest BCUT2D eigenvalue weighted by atomic mass is 35.5. The Labute approximate surface area is 95.9 Å². The molecule has 0 unspecified atom stereocenters. The SMILES string of the molecule is O=Cc1cnc(-c2ccc(F)c(Cl)c2)nc1. The Morgan fingerprint density at radius 2 is 1.94 bits per heavy atom. The van der Waals surface area contributed by atoms with Gasteiger partial charge < -0.3 is 0 Å². The molecule has 0 saturated heterocycles. The number of rotatable bonds is 2. The van der Waals surface area contributed by atoms with Crippen LogP contribution in [0.4, 0.5) is 4.39 Å². The van der Waals surface area contributed by atoms with Crippen molar-refractivity contribution in [3.8, 4) is 11.4 Å². The molecular weight excluding hydrogens is 231 g/mol. The largest absolute Gasteiger partial charge is 0.298 e. The molecule has 80 valence electrons. The van der Waals surface area contributed by atoms with Crippen LogP contribution in [0, 0.1) is 5.82 Å². The Morgan fingerprint density at radius 1 is 1.25 bits per heavy atom. The van der Waals surface area contributed by atoms with E-state index in [1.165, 1.54) is 30.6 Å². The van der Waals surface area contributed by atoms with Crippen molar-refractivity contribution in [2.24, 2.45) is 0 Å². The first-order valence-corrected chi connectivity index (χ1v) is 4.81. The average Bonchev–Trinajstić information content (AvgIpc) is 2.33. The number of aromatic nitrogens is 2. The van der Waals surface area contributed by atoms with Crippen molar-refractivity contribution in [3.05, 3.63) is 47.0 Å². The molecule has 5 heteroatoms. The summed E-state index contributed by atoms with van der Waals surface area (Å²) >= 11 is 5.64. The van der Waals surface area contributed by atoms with Crippen LogP contribution in [-0.4, -0.2) is 16.3 Å². The van der Waals surface area contributed by atoms with Crippen LogP contribution < -0.4 is 0 Å². The van der Waals surface area contributed by atoms with Gasteiger partial charge in [-0.05, 0) is 18.2 Å². The van der Waals surface area contributed by atoms with Gasteiger partial charge in [-0.1, -0.05) is 11.6 Å². The zero-order valence-electron chi connectivity index (χ0n) is 8.02. The molecule has 2 rings (SSSR count). The van der Waals surface area contributed by atoms with Gasteiger partial charge in [0, 0.05) is 18.0 Å². The van der Waals surface area contributed by atoms with Crippen molar-refractivity contribution in [2.45, 2.75) is 0 Å². The van der Waals surface area contributed by atoms with Crippen molar-refractivity contribution in [2.75, 3.05) is 0 Å². The molecule has 0 bridgehead atoms. The second-order valence-electron chi connectivity index (χ2n) is 3.09. The molecular formula is C11H6ClFN2O. The van der Waals surface area contributed by atoms with Gasteiger partial charge in [0.25, 0.3) is 0 Å². The van der Waals surface area contributed by atoms with Crippen LogP contribution in [0.2, 0.25) is 5.02 Å². The van der Waals surface area contributed by atoms with E-state index in [4.69, 9.17) is 11.6 Å². The molecule has 16 heavy (non-hydrogen) atoms. The third-order valence-corrected chi connectivity index (χ3v) is 2.28. The average molecular weight is 237 g/mol. The van der Waals surface area contributed by atoms with E-state index in [0.29, 0.717) is 23.2 Å². The maximum Gasteiger partial charge on any atom is 0.159 e. The van der Waals surface area contributed by atoms with Crippen LogP contribution in [0.3, 0.4) is 0 Å². The zero-order chi connectivity index (χ0) is 11.5. The van der Waals surface area contributed by atoms with Crippen LogP contribution in [-0.2, 0) is 0 Å². The molecule has 0 spiro atoms. The summed E-state index contributed by atoms with van der Waals surface area (Å²) in [4.78, 5) is 18.3. The predicted octanol–water partition coefficient (Wildman–Crippen LogP) is 2.75. The molecule has 0 aliphatic heterocycles. The minimum atomic E-state index is -0.491. The Morgan fingerprint density at radius 3 is 2.50 bits per heavy atom. The summed E-state index contributed by atoms with van der Waals surface area (Å²) in [5.41, 5.74) is 0.987. The summed E-state index contributed by atoms with van der Waals surface area (Å²) in [5, 5.41) is 0.0144. The normalized spacial score (nSPS) is 10.1. The lowest BCUT2D eigenvalue weighted by Crippen LogP contribution is -1.91. The lowest BCUT2D eigenvalue weighted by atomic mass is 10.2. The van der Waals surface area contributed by atoms with Crippen molar-refractivity contribution < 1.29 is 9.18 Å².